The minimum absolute atomic E-state index is 0.127. The number of anilines is 1. The van der Waals surface area contributed by atoms with Crippen molar-refractivity contribution in [3.63, 3.8) is 0 Å². The number of amides is 3. The second kappa shape index (κ2) is 8.18. The summed E-state index contributed by atoms with van der Waals surface area (Å²) in [7, 11) is 0. The molecule has 29 heavy (non-hydrogen) atoms. The van der Waals surface area contributed by atoms with Crippen molar-refractivity contribution in [2.45, 2.75) is 32.5 Å². The number of nitrogens with one attached hydrogen (secondary N) is 3. The van der Waals surface area contributed by atoms with Crippen molar-refractivity contribution >= 4 is 17.8 Å². The average molecular weight is 389 g/mol. The molecule has 0 fully saturated rings. The highest BCUT2D eigenvalue weighted by molar-refractivity contribution is 5.95. The van der Waals surface area contributed by atoms with Crippen LogP contribution in [-0.4, -0.2) is 27.0 Å². The fourth-order valence-corrected chi connectivity index (χ4v) is 3.39. The molecule has 2 aromatic carbocycles. The molecule has 0 saturated heterocycles. The molecule has 1 aliphatic rings. The van der Waals surface area contributed by atoms with Crippen LogP contribution in [0.1, 0.15) is 35.2 Å². The van der Waals surface area contributed by atoms with Gasteiger partial charge < -0.3 is 15.5 Å². The Hall–Kier alpha value is -3.61. The first kappa shape index (κ1) is 18.7. The van der Waals surface area contributed by atoms with Gasteiger partial charge in [-0.1, -0.05) is 60.7 Å². The van der Waals surface area contributed by atoms with Crippen LogP contribution < -0.4 is 10.6 Å². The van der Waals surface area contributed by atoms with Gasteiger partial charge in [0.15, 0.2) is 5.82 Å². The molecule has 7 nitrogen and oxygen atoms in total. The molecule has 0 radical (unpaired) electrons. The highest BCUT2D eigenvalue weighted by atomic mass is 16.2. The van der Waals surface area contributed by atoms with E-state index in [1.165, 1.54) is 0 Å². The molecule has 4 rings (SSSR count). The Morgan fingerprint density at radius 2 is 1.76 bits per heavy atom. The van der Waals surface area contributed by atoms with Gasteiger partial charge in [0, 0.05) is 12.1 Å². The van der Waals surface area contributed by atoms with Crippen LogP contribution in [0.15, 0.2) is 60.7 Å². The number of aromatic amines is 1. The number of hydrogen-bond donors (Lipinski definition) is 3. The largest absolute Gasteiger partial charge is 0.334 e. The lowest BCUT2D eigenvalue weighted by Crippen LogP contribution is -2.36. The number of nitrogens with zero attached hydrogens (tertiary/aromatic N) is 2. The van der Waals surface area contributed by atoms with Crippen LogP contribution in [0, 0.1) is 0 Å². The Balaban J connectivity index is 1.36. The minimum Gasteiger partial charge on any atom is -0.334 e. The molecule has 0 spiro atoms. The second-order valence-corrected chi connectivity index (χ2v) is 7.15. The number of carbonyl (C=O) groups excluding carboxylic acids is 2. The van der Waals surface area contributed by atoms with Gasteiger partial charge in [-0.25, -0.2) is 4.79 Å². The van der Waals surface area contributed by atoms with E-state index in [1.807, 2.05) is 67.6 Å². The Morgan fingerprint density at radius 1 is 1.07 bits per heavy atom. The van der Waals surface area contributed by atoms with E-state index < -0.39 is 0 Å². The number of carbonyl (C=O) groups is 2. The number of hydrogen-bond acceptors (Lipinski definition) is 3. The summed E-state index contributed by atoms with van der Waals surface area (Å²) in [4.78, 5) is 26.8. The predicted octanol–water partition coefficient (Wildman–Crippen LogP) is 3.38. The maximum atomic E-state index is 12.6. The standard InChI is InChI=1S/C22H23N5O2/c1-15(17-10-6-3-7-11-17)21(28)24-20-18-13-27(14-19(18)25-26-20)22(29)23-12-16-8-4-2-5-9-16/h2-11,15H,12-14H2,1H3,(H,23,29)(H2,24,25,26,28). The molecule has 0 bridgehead atoms. The van der Waals surface area contributed by atoms with Gasteiger partial charge in [-0.3, -0.25) is 9.89 Å². The lowest BCUT2D eigenvalue weighted by molar-refractivity contribution is -0.117. The predicted molar refractivity (Wildman–Crippen MR) is 110 cm³/mol. The van der Waals surface area contributed by atoms with Crippen molar-refractivity contribution in [3.05, 3.63) is 83.0 Å². The SMILES string of the molecule is CC(C(=O)Nc1n[nH]c2c1CN(C(=O)NCc1ccccc1)C2)c1ccccc1. The molecule has 1 aliphatic heterocycles. The fraction of sp³-hybridized carbons (Fsp3) is 0.227. The Bertz CT molecular complexity index is 1000. The summed E-state index contributed by atoms with van der Waals surface area (Å²) in [5, 5.41) is 13.0. The zero-order valence-corrected chi connectivity index (χ0v) is 16.2. The van der Waals surface area contributed by atoms with Crippen LogP contribution in [-0.2, 0) is 24.4 Å². The molecule has 0 aliphatic carbocycles. The number of H-pyrrole nitrogens is 1. The lowest BCUT2D eigenvalue weighted by Gasteiger charge is -2.17. The molecule has 1 unspecified atom stereocenters. The Labute approximate surface area is 169 Å². The molecule has 1 aromatic heterocycles. The first-order valence-corrected chi connectivity index (χ1v) is 9.60. The number of urea groups is 1. The molecule has 3 amide bonds. The summed E-state index contributed by atoms with van der Waals surface area (Å²) in [6.45, 7) is 3.18. The van der Waals surface area contributed by atoms with Gasteiger partial charge in [-0.05, 0) is 18.1 Å². The van der Waals surface area contributed by atoms with Crippen molar-refractivity contribution in [2.75, 3.05) is 5.32 Å². The number of rotatable bonds is 5. The first-order valence-electron chi connectivity index (χ1n) is 9.60. The van der Waals surface area contributed by atoms with Gasteiger partial charge >= 0.3 is 6.03 Å². The topological polar surface area (TPSA) is 90.1 Å². The van der Waals surface area contributed by atoms with E-state index in [4.69, 9.17) is 0 Å². The van der Waals surface area contributed by atoms with Gasteiger partial charge in [0.2, 0.25) is 5.91 Å². The summed E-state index contributed by atoms with van der Waals surface area (Å²) in [6, 6.07) is 19.2. The number of aromatic nitrogens is 2. The molecule has 1 atom stereocenters. The van der Waals surface area contributed by atoms with Crippen LogP contribution in [0.25, 0.3) is 0 Å². The molecule has 3 aromatic rings. The summed E-state index contributed by atoms with van der Waals surface area (Å²) < 4.78 is 0. The van der Waals surface area contributed by atoms with Crippen molar-refractivity contribution in [1.29, 1.82) is 0 Å². The van der Waals surface area contributed by atoms with Crippen molar-refractivity contribution < 1.29 is 9.59 Å². The highest BCUT2D eigenvalue weighted by Crippen LogP contribution is 2.28. The quantitative estimate of drug-likeness (QED) is 0.625. The van der Waals surface area contributed by atoms with Gasteiger partial charge in [0.1, 0.15) is 0 Å². The molecule has 3 N–H and O–H groups in total. The number of fused-ring (bicyclic) bond motifs is 1. The molecular weight excluding hydrogens is 366 g/mol. The second-order valence-electron chi connectivity index (χ2n) is 7.15. The van der Waals surface area contributed by atoms with Gasteiger partial charge in [-0.15, -0.1) is 0 Å². The zero-order valence-electron chi connectivity index (χ0n) is 16.2. The van der Waals surface area contributed by atoms with Gasteiger partial charge in [0.25, 0.3) is 0 Å². The van der Waals surface area contributed by atoms with E-state index in [9.17, 15) is 9.59 Å². The summed E-state index contributed by atoms with van der Waals surface area (Å²) in [5.41, 5.74) is 3.69. The monoisotopic (exact) mass is 389 g/mol. The summed E-state index contributed by atoms with van der Waals surface area (Å²) in [6.07, 6.45) is 0. The molecule has 148 valence electrons. The van der Waals surface area contributed by atoms with E-state index in [1.54, 1.807) is 4.90 Å². The maximum absolute atomic E-state index is 12.6. The van der Waals surface area contributed by atoms with E-state index >= 15 is 0 Å². The molecule has 0 saturated carbocycles. The smallest absolute Gasteiger partial charge is 0.318 e. The average Bonchev–Trinajstić information content (AvgIpc) is 3.35. The van der Waals surface area contributed by atoms with Crippen LogP contribution >= 0.6 is 0 Å². The Kier molecular flexibility index (Phi) is 5.29. The summed E-state index contributed by atoms with van der Waals surface area (Å²) >= 11 is 0. The highest BCUT2D eigenvalue weighted by Gasteiger charge is 2.29. The van der Waals surface area contributed by atoms with Gasteiger partial charge in [0.05, 0.1) is 24.7 Å². The lowest BCUT2D eigenvalue weighted by atomic mass is 10.0. The van der Waals surface area contributed by atoms with Crippen LogP contribution in [0.2, 0.25) is 0 Å². The third-order valence-corrected chi connectivity index (χ3v) is 5.16. The fourth-order valence-electron chi connectivity index (χ4n) is 3.39. The van der Waals surface area contributed by atoms with Crippen molar-refractivity contribution in [2.24, 2.45) is 0 Å². The van der Waals surface area contributed by atoms with Gasteiger partial charge in [-0.2, -0.15) is 5.10 Å². The van der Waals surface area contributed by atoms with Crippen LogP contribution in [0.4, 0.5) is 10.6 Å². The molecule has 7 heteroatoms. The Morgan fingerprint density at radius 3 is 2.48 bits per heavy atom. The normalized spacial score (nSPS) is 13.6. The molecular formula is C22H23N5O2. The van der Waals surface area contributed by atoms with Crippen molar-refractivity contribution in [1.82, 2.24) is 20.4 Å². The van der Waals surface area contributed by atoms with Crippen LogP contribution in [0.3, 0.4) is 0 Å². The van der Waals surface area contributed by atoms with E-state index in [0.717, 1.165) is 22.4 Å². The summed E-state index contributed by atoms with van der Waals surface area (Å²) in [5.74, 6) is 0.0684. The van der Waals surface area contributed by atoms with E-state index in [2.05, 4.69) is 20.8 Å². The van der Waals surface area contributed by atoms with Crippen LogP contribution in [0.5, 0.6) is 0 Å². The van der Waals surface area contributed by atoms with Crippen molar-refractivity contribution in [3.8, 4) is 0 Å². The number of benzene rings is 2. The van der Waals surface area contributed by atoms with E-state index in [0.29, 0.717) is 25.5 Å². The van der Waals surface area contributed by atoms with E-state index in [-0.39, 0.29) is 17.9 Å². The first-order chi connectivity index (χ1) is 14.1. The zero-order chi connectivity index (χ0) is 20.2. The maximum Gasteiger partial charge on any atom is 0.318 e. The molecule has 2 heterocycles. The minimum atomic E-state index is -0.296. The third-order valence-electron chi connectivity index (χ3n) is 5.16. The third kappa shape index (κ3) is 4.13.